The van der Waals surface area contributed by atoms with Crippen LogP contribution in [0.5, 0.6) is 0 Å². The number of hydrogen-bond donors (Lipinski definition) is 1. The lowest BCUT2D eigenvalue weighted by atomic mass is 10.2. The smallest absolute Gasteiger partial charge is 0.236 e. The fourth-order valence-corrected chi connectivity index (χ4v) is 3.67. The average Bonchev–Trinajstić information content (AvgIpc) is 2.77. The van der Waals surface area contributed by atoms with Gasteiger partial charge in [0.05, 0.1) is 13.1 Å². The maximum atomic E-state index is 12.2. The quantitative estimate of drug-likeness (QED) is 0.867. The van der Waals surface area contributed by atoms with Crippen molar-refractivity contribution in [2.75, 3.05) is 33.2 Å². The zero-order chi connectivity index (χ0) is 13.8. The molecular formula is C13H21BrClN3OS. The van der Waals surface area contributed by atoms with E-state index in [4.69, 9.17) is 0 Å². The monoisotopic (exact) mass is 381 g/mol. The number of likely N-dealkylation sites (N-methyl/N-ethyl adjacent to an activating group) is 1. The molecule has 0 radical (unpaired) electrons. The zero-order valence-corrected chi connectivity index (χ0v) is 15.0. The Morgan fingerprint density at radius 1 is 1.65 bits per heavy atom. The molecule has 0 bridgehead atoms. The summed E-state index contributed by atoms with van der Waals surface area (Å²) in [7, 11) is 1.88. The summed E-state index contributed by atoms with van der Waals surface area (Å²) >= 11 is 5.12. The second-order valence-corrected chi connectivity index (χ2v) is 6.92. The lowest BCUT2D eigenvalue weighted by Crippen LogP contribution is -2.52. The molecule has 0 aromatic carbocycles. The van der Waals surface area contributed by atoms with E-state index >= 15 is 0 Å². The van der Waals surface area contributed by atoms with Gasteiger partial charge in [-0.1, -0.05) is 0 Å². The van der Waals surface area contributed by atoms with Gasteiger partial charge in [-0.25, -0.2) is 0 Å². The van der Waals surface area contributed by atoms with E-state index in [1.807, 2.05) is 17.3 Å². The van der Waals surface area contributed by atoms with Gasteiger partial charge in [0.25, 0.3) is 0 Å². The molecule has 2 heterocycles. The molecule has 7 heteroatoms. The van der Waals surface area contributed by atoms with Gasteiger partial charge in [-0.15, -0.1) is 23.7 Å². The Morgan fingerprint density at radius 2 is 2.40 bits per heavy atom. The number of halogens is 2. The van der Waals surface area contributed by atoms with E-state index < -0.39 is 0 Å². The summed E-state index contributed by atoms with van der Waals surface area (Å²) in [6.45, 7) is 6.26. The number of carbonyl (C=O) groups excluding carboxylic acids is 1. The highest BCUT2D eigenvalue weighted by Crippen LogP contribution is 2.20. The third kappa shape index (κ3) is 5.00. The molecule has 1 aliphatic rings. The Morgan fingerprint density at radius 3 is 3.00 bits per heavy atom. The summed E-state index contributed by atoms with van der Waals surface area (Å²) in [5.74, 6) is 0.193. The van der Waals surface area contributed by atoms with Crippen LogP contribution >= 0.6 is 39.7 Å². The number of carbonyl (C=O) groups is 1. The van der Waals surface area contributed by atoms with Gasteiger partial charge in [0.1, 0.15) is 0 Å². The molecule has 4 nitrogen and oxygen atoms in total. The van der Waals surface area contributed by atoms with E-state index in [1.54, 1.807) is 11.3 Å². The van der Waals surface area contributed by atoms with Crippen molar-refractivity contribution >= 4 is 45.6 Å². The molecule has 1 aliphatic heterocycles. The second kappa shape index (κ2) is 8.34. The van der Waals surface area contributed by atoms with Gasteiger partial charge in [-0.3, -0.25) is 9.69 Å². The Kier molecular flexibility index (Phi) is 7.47. The molecule has 1 saturated heterocycles. The summed E-state index contributed by atoms with van der Waals surface area (Å²) in [5.41, 5.74) is 0. The van der Waals surface area contributed by atoms with Crippen molar-refractivity contribution in [2.24, 2.45) is 0 Å². The zero-order valence-electron chi connectivity index (χ0n) is 11.8. The first-order chi connectivity index (χ1) is 9.06. The van der Waals surface area contributed by atoms with Gasteiger partial charge in [0.15, 0.2) is 0 Å². The topological polar surface area (TPSA) is 35.6 Å². The molecule has 1 aromatic rings. The van der Waals surface area contributed by atoms with Crippen molar-refractivity contribution < 1.29 is 4.79 Å². The van der Waals surface area contributed by atoms with Crippen LogP contribution in [0.25, 0.3) is 0 Å². The van der Waals surface area contributed by atoms with Crippen molar-refractivity contribution in [3.63, 3.8) is 0 Å². The predicted octanol–water partition coefficient (Wildman–Crippen LogP) is 2.18. The molecule has 1 N–H and O–H groups in total. The van der Waals surface area contributed by atoms with Crippen LogP contribution in [0.4, 0.5) is 0 Å². The van der Waals surface area contributed by atoms with Crippen LogP contribution < -0.4 is 5.32 Å². The van der Waals surface area contributed by atoms with Gasteiger partial charge in [-0.05, 0) is 28.9 Å². The number of nitrogens with one attached hydrogen (secondary N) is 1. The Bertz CT molecular complexity index is 443. The predicted molar refractivity (Wildman–Crippen MR) is 89.6 cm³/mol. The minimum Gasteiger partial charge on any atom is -0.340 e. The van der Waals surface area contributed by atoms with Crippen LogP contribution in [0, 0.1) is 0 Å². The minimum absolute atomic E-state index is 0. The SMILES string of the molecule is C[C@@H]1CNCCN1CC(=O)N(C)Cc1cc(Br)cs1.Cl. The van der Waals surface area contributed by atoms with Crippen molar-refractivity contribution in [3.8, 4) is 0 Å². The van der Waals surface area contributed by atoms with Crippen molar-refractivity contribution in [1.29, 1.82) is 0 Å². The Balaban J connectivity index is 0.00000200. The van der Waals surface area contributed by atoms with Crippen LogP contribution in [-0.2, 0) is 11.3 Å². The molecule has 2 rings (SSSR count). The lowest BCUT2D eigenvalue weighted by Gasteiger charge is -2.34. The largest absolute Gasteiger partial charge is 0.340 e. The minimum atomic E-state index is 0. The highest BCUT2D eigenvalue weighted by Gasteiger charge is 2.21. The molecule has 1 atom stereocenters. The Labute approximate surface area is 139 Å². The fraction of sp³-hybridized carbons (Fsp3) is 0.615. The number of nitrogens with zero attached hydrogens (tertiary/aromatic N) is 2. The van der Waals surface area contributed by atoms with E-state index in [1.165, 1.54) is 4.88 Å². The summed E-state index contributed by atoms with van der Waals surface area (Å²) in [6.07, 6.45) is 0. The normalized spacial score (nSPS) is 19.4. The van der Waals surface area contributed by atoms with Crippen LogP contribution in [0.3, 0.4) is 0 Å². The third-order valence-electron chi connectivity index (χ3n) is 3.42. The van der Waals surface area contributed by atoms with Crippen LogP contribution in [0.15, 0.2) is 15.9 Å². The number of amides is 1. The fourth-order valence-electron chi connectivity index (χ4n) is 2.17. The van der Waals surface area contributed by atoms with Gasteiger partial charge in [0.2, 0.25) is 5.91 Å². The highest BCUT2D eigenvalue weighted by molar-refractivity contribution is 9.10. The number of hydrogen-bond acceptors (Lipinski definition) is 4. The summed E-state index contributed by atoms with van der Waals surface area (Å²) in [5, 5.41) is 5.39. The first-order valence-corrected chi connectivity index (χ1v) is 8.15. The first kappa shape index (κ1) is 17.9. The maximum Gasteiger partial charge on any atom is 0.236 e. The van der Waals surface area contributed by atoms with E-state index in [0.29, 0.717) is 19.1 Å². The van der Waals surface area contributed by atoms with Crippen molar-refractivity contribution in [2.45, 2.75) is 19.5 Å². The molecule has 114 valence electrons. The van der Waals surface area contributed by atoms with Crippen LogP contribution in [0.2, 0.25) is 0 Å². The third-order valence-corrected chi connectivity index (χ3v) is 5.10. The molecule has 0 aliphatic carbocycles. The van der Waals surface area contributed by atoms with Crippen LogP contribution in [0.1, 0.15) is 11.8 Å². The van der Waals surface area contributed by atoms with E-state index in [2.05, 4.69) is 39.1 Å². The molecule has 1 aromatic heterocycles. The second-order valence-electron chi connectivity index (χ2n) is 5.00. The highest BCUT2D eigenvalue weighted by atomic mass is 79.9. The maximum absolute atomic E-state index is 12.2. The molecule has 0 saturated carbocycles. The van der Waals surface area contributed by atoms with Gasteiger partial charge < -0.3 is 10.2 Å². The molecule has 0 spiro atoms. The van der Waals surface area contributed by atoms with Crippen LogP contribution in [-0.4, -0.2) is 55.0 Å². The molecule has 0 unspecified atom stereocenters. The summed E-state index contributed by atoms with van der Waals surface area (Å²) in [6, 6.07) is 2.50. The Hall–Kier alpha value is -0.140. The van der Waals surface area contributed by atoms with Gasteiger partial charge >= 0.3 is 0 Å². The molecular weight excluding hydrogens is 362 g/mol. The van der Waals surface area contributed by atoms with Gasteiger partial charge in [0, 0.05) is 47.5 Å². The number of rotatable bonds is 4. The van der Waals surface area contributed by atoms with Crippen molar-refractivity contribution in [1.82, 2.24) is 15.1 Å². The number of thiophene rings is 1. The molecule has 1 fully saturated rings. The lowest BCUT2D eigenvalue weighted by molar-refractivity contribution is -0.132. The van der Waals surface area contributed by atoms with E-state index in [-0.39, 0.29) is 18.3 Å². The van der Waals surface area contributed by atoms with E-state index in [9.17, 15) is 4.79 Å². The molecule has 20 heavy (non-hydrogen) atoms. The van der Waals surface area contributed by atoms with E-state index in [0.717, 1.165) is 24.1 Å². The number of piperazine rings is 1. The summed E-state index contributed by atoms with van der Waals surface area (Å²) < 4.78 is 1.09. The van der Waals surface area contributed by atoms with Crippen molar-refractivity contribution in [3.05, 3.63) is 20.8 Å². The first-order valence-electron chi connectivity index (χ1n) is 6.48. The van der Waals surface area contributed by atoms with Gasteiger partial charge in [-0.2, -0.15) is 0 Å². The summed E-state index contributed by atoms with van der Waals surface area (Å²) in [4.78, 5) is 17.5. The average molecular weight is 383 g/mol. The standard InChI is InChI=1S/C13H20BrN3OS.ClH/c1-10-6-15-3-4-17(10)8-13(18)16(2)7-12-5-11(14)9-19-12;/h5,9-10,15H,3-4,6-8H2,1-2H3;1H/t10-;/m1./s1. The molecule has 1 amide bonds.